The molecule has 0 unspecified atom stereocenters. The van der Waals surface area contributed by atoms with Gasteiger partial charge < -0.3 is 9.72 Å². The molecule has 1 aromatic heterocycles. The summed E-state index contributed by atoms with van der Waals surface area (Å²) in [6, 6.07) is 6.04. The van der Waals surface area contributed by atoms with Crippen LogP contribution in [-0.2, 0) is 4.74 Å². The van der Waals surface area contributed by atoms with Gasteiger partial charge in [-0.25, -0.2) is 4.79 Å². The van der Waals surface area contributed by atoms with Gasteiger partial charge in [-0.3, -0.25) is 9.59 Å². The maximum atomic E-state index is 13.0. The predicted octanol–water partition coefficient (Wildman–Crippen LogP) is 4.63. The quantitative estimate of drug-likeness (QED) is 0.293. The van der Waals surface area contributed by atoms with Crippen LogP contribution in [0.2, 0.25) is 0 Å². The summed E-state index contributed by atoms with van der Waals surface area (Å²) in [4.78, 5) is 40.6. The molecule has 1 heterocycles. The van der Waals surface area contributed by atoms with Crippen molar-refractivity contribution in [2.75, 3.05) is 6.61 Å². The number of esters is 1. The number of thioether (sulfide) groups is 1. The number of nitriles is 1. The fraction of sp³-hybridized carbons (Fsp3) is 0.300. The first-order chi connectivity index (χ1) is 14.0. The Kier molecular flexibility index (Phi) is 7.10. The number of H-pyrrole nitrogens is 1. The second kappa shape index (κ2) is 9.17. The molecule has 0 saturated heterocycles. The van der Waals surface area contributed by atoms with E-state index in [0.29, 0.717) is 11.4 Å². The highest BCUT2D eigenvalue weighted by Crippen LogP contribution is 2.37. The van der Waals surface area contributed by atoms with Gasteiger partial charge in [-0.1, -0.05) is 12.1 Å². The highest BCUT2D eigenvalue weighted by molar-refractivity contribution is 8.00. The highest BCUT2D eigenvalue weighted by Gasteiger charge is 2.35. The number of nitrogens with zero attached hydrogens (tertiary/aromatic N) is 1. The van der Waals surface area contributed by atoms with Crippen LogP contribution in [0.25, 0.3) is 0 Å². The van der Waals surface area contributed by atoms with Gasteiger partial charge in [-0.05, 0) is 44.7 Å². The van der Waals surface area contributed by atoms with Crippen LogP contribution in [0.3, 0.4) is 0 Å². The van der Waals surface area contributed by atoms with Gasteiger partial charge in [0.2, 0.25) is 0 Å². The largest absolute Gasteiger partial charge is 0.462 e. The van der Waals surface area contributed by atoms with Crippen LogP contribution in [0.5, 0.6) is 0 Å². The number of halogens is 3. The Morgan fingerprint density at radius 3 is 2.17 bits per heavy atom. The maximum absolute atomic E-state index is 13.0. The van der Waals surface area contributed by atoms with E-state index in [1.165, 1.54) is 6.92 Å². The number of hydrogen-bond donors (Lipinski definition) is 1. The first kappa shape index (κ1) is 23.2. The van der Waals surface area contributed by atoms with E-state index < -0.39 is 29.0 Å². The van der Waals surface area contributed by atoms with Gasteiger partial charge in [0.15, 0.2) is 17.5 Å². The number of rotatable bonds is 7. The fourth-order valence-corrected chi connectivity index (χ4v) is 3.46. The van der Waals surface area contributed by atoms with E-state index in [-0.39, 0.29) is 40.0 Å². The Bertz CT molecular complexity index is 1020. The number of carbonyl (C=O) groups excluding carboxylic acids is 3. The number of aromatic nitrogens is 1. The van der Waals surface area contributed by atoms with Crippen LogP contribution in [-0.4, -0.2) is 34.6 Å². The molecule has 1 atom stereocenters. The Morgan fingerprint density at radius 2 is 1.67 bits per heavy atom. The van der Waals surface area contributed by atoms with Crippen LogP contribution in [0, 0.1) is 31.1 Å². The van der Waals surface area contributed by atoms with Gasteiger partial charge in [0.05, 0.1) is 23.8 Å². The number of hydrogen-bond acceptors (Lipinski definition) is 6. The average Bonchev–Trinajstić information content (AvgIpc) is 2.95. The molecule has 1 aromatic carbocycles. The zero-order valence-electron chi connectivity index (χ0n) is 16.2. The molecular weight excluding hydrogens is 421 g/mol. The summed E-state index contributed by atoms with van der Waals surface area (Å²) in [6.07, 6.45) is 0. The lowest BCUT2D eigenvalue weighted by Crippen LogP contribution is -2.25. The van der Waals surface area contributed by atoms with E-state index >= 15 is 0 Å². The molecule has 2 aromatic rings. The molecule has 0 radical (unpaired) electrons. The first-order valence-corrected chi connectivity index (χ1v) is 9.51. The molecule has 0 aliphatic carbocycles. The minimum absolute atomic E-state index is 0.0516. The SMILES string of the molecule is CCOC(=O)c1c(C)[nH]c(C)c1C(=O)[C@H](C#N)C(=O)c1ccc(SC(F)(F)F)cc1. The average molecular weight is 438 g/mol. The van der Waals surface area contributed by atoms with Gasteiger partial charge in [0.25, 0.3) is 0 Å². The third-order valence-electron chi connectivity index (χ3n) is 4.13. The molecular formula is C20H17F3N2O4S. The number of Topliss-reactive ketones (excluding diaryl/α,β-unsaturated/α-hetero) is 2. The first-order valence-electron chi connectivity index (χ1n) is 8.70. The molecule has 0 spiro atoms. The predicted molar refractivity (Wildman–Crippen MR) is 102 cm³/mol. The molecule has 158 valence electrons. The fourth-order valence-electron chi connectivity index (χ4n) is 2.92. The van der Waals surface area contributed by atoms with Gasteiger partial charge in [-0.15, -0.1) is 0 Å². The number of carbonyl (C=O) groups is 3. The van der Waals surface area contributed by atoms with E-state index in [1.807, 2.05) is 0 Å². The molecule has 0 aliphatic rings. The smallest absolute Gasteiger partial charge is 0.446 e. The summed E-state index contributed by atoms with van der Waals surface area (Å²) in [5.74, 6) is -4.30. The van der Waals surface area contributed by atoms with E-state index in [2.05, 4.69) is 4.98 Å². The van der Waals surface area contributed by atoms with Gasteiger partial charge >= 0.3 is 11.5 Å². The number of benzene rings is 1. The van der Waals surface area contributed by atoms with E-state index in [4.69, 9.17) is 4.74 Å². The lowest BCUT2D eigenvalue weighted by Gasteiger charge is -2.11. The Balaban J connectivity index is 2.37. The molecule has 1 N–H and O–H groups in total. The standard InChI is InChI=1S/C20H17F3N2O4S/c1-4-29-19(28)16-11(3)25-10(2)15(16)18(27)14(9-24)17(26)12-5-7-13(8-6-12)30-20(21,22)23/h5-8,14,25H,4H2,1-3H3/t14-/m1/s1. The third kappa shape index (κ3) is 5.10. The van der Waals surface area contributed by atoms with Crippen molar-refractivity contribution >= 4 is 29.3 Å². The molecule has 30 heavy (non-hydrogen) atoms. The number of nitrogens with one attached hydrogen (secondary N) is 1. The van der Waals surface area contributed by atoms with Crippen molar-refractivity contribution in [1.82, 2.24) is 4.98 Å². The van der Waals surface area contributed by atoms with Crippen LogP contribution in [0.4, 0.5) is 13.2 Å². The summed E-state index contributed by atoms with van der Waals surface area (Å²) in [5, 5.41) is 9.46. The maximum Gasteiger partial charge on any atom is 0.446 e. The number of ketones is 2. The molecule has 0 saturated carbocycles. The Hall–Kier alpha value is -3.06. The number of aryl methyl sites for hydroxylation is 2. The van der Waals surface area contributed by atoms with E-state index in [1.54, 1.807) is 19.9 Å². The van der Waals surface area contributed by atoms with Crippen molar-refractivity contribution < 1.29 is 32.3 Å². The van der Waals surface area contributed by atoms with Crippen molar-refractivity contribution in [1.29, 1.82) is 5.26 Å². The summed E-state index contributed by atoms with van der Waals surface area (Å²) in [7, 11) is 0. The van der Waals surface area contributed by atoms with Gasteiger partial charge in [-0.2, -0.15) is 18.4 Å². The van der Waals surface area contributed by atoms with Crippen LogP contribution in [0.15, 0.2) is 29.2 Å². The highest BCUT2D eigenvalue weighted by atomic mass is 32.2. The van der Waals surface area contributed by atoms with Crippen LogP contribution >= 0.6 is 11.8 Å². The Morgan fingerprint density at radius 1 is 1.10 bits per heavy atom. The summed E-state index contributed by atoms with van der Waals surface area (Å²) >= 11 is -0.346. The normalized spacial score (nSPS) is 12.2. The second-order valence-electron chi connectivity index (χ2n) is 6.21. The molecule has 0 bridgehead atoms. The molecule has 0 amide bonds. The summed E-state index contributed by atoms with van der Waals surface area (Å²) in [5.41, 5.74) is -4.09. The molecule has 6 nitrogen and oxygen atoms in total. The van der Waals surface area contributed by atoms with Crippen molar-refractivity contribution in [3.05, 3.63) is 52.3 Å². The summed E-state index contributed by atoms with van der Waals surface area (Å²) < 4.78 is 42.3. The lowest BCUT2D eigenvalue weighted by molar-refractivity contribution is -0.0328. The monoisotopic (exact) mass is 438 g/mol. The molecule has 2 rings (SSSR count). The van der Waals surface area contributed by atoms with Crippen LogP contribution < -0.4 is 0 Å². The lowest BCUT2D eigenvalue weighted by atomic mass is 9.89. The zero-order valence-corrected chi connectivity index (χ0v) is 17.0. The number of alkyl halides is 3. The second-order valence-corrected chi connectivity index (χ2v) is 7.35. The molecule has 0 fully saturated rings. The minimum atomic E-state index is -4.48. The van der Waals surface area contributed by atoms with Gasteiger partial charge in [0, 0.05) is 21.8 Å². The van der Waals surface area contributed by atoms with Gasteiger partial charge in [0.1, 0.15) is 0 Å². The topological polar surface area (TPSA) is 100 Å². The van der Waals surface area contributed by atoms with E-state index in [0.717, 1.165) is 24.3 Å². The van der Waals surface area contributed by atoms with Crippen molar-refractivity contribution in [3.8, 4) is 6.07 Å². The summed E-state index contributed by atoms with van der Waals surface area (Å²) in [6.45, 7) is 4.73. The third-order valence-corrected chi connectivity index (χ3v) is 4.87. The molecule has 10 heteroatoms. The molecule has 0 aliphatic heterocycles. The number of ether oxygens (including phenoxy) is 1. The van der Waals surface area contributed by atoms with Crippen molar-refractivity contribution in [3.63, 3.8) is 0 Å². The zero-order chi connectivity index (χ0) is 22.6. The Labute approximate surface area is 174 Å². The minimum Gasteiger partial charge on any atom is -0.462 e. The van der Waals surface area contributed by atoms with E-state index in [9.17, 15) is 32.8 Å². The van der Waals surface area contributed by atoms with Crippen LogP contribution in [0.1, 0.15) is 49.4 Å². The van der Waals surface area contributed by atoms with Crippen molar-refractivity contribution in [2.24, 2.45) is 5.92 Å². The van der Waals surface area contributed by atoms with Crippen molar-refractivity contribution in [2.45, 2.75) is 31.2 Å². The number of aromatic amines is 1.